The molecule has 0 aliphatic rings. The highest BCUT2D eigenvalue weighted by atomic mass is 16.6. The van der Waals surface area contributed by atoms with E-state index in [1.807, 2.05) is 0 Å². The summed E-state index contributed by atoms with van der Waals surface area (Å²) in [6.45, 7) is 6.30. The smallest absolute Gasteiger partial charge is 0.407 e. The van der Waals surface area contributed by atoms with Crippen LogP contribution in [0.4, 0.5) is 4.79 Å². The summed E-state index contributed by atoms with van der Waals surface area (Å²) in [7, 11) is 3.10. The third-order valence-electron chi connectivity index (χ3n) is 3.21. The van der Waals surface area contributed by atoms with Crippen LogP contribution in [0.5, 0.6) is 11.5 Å². The van der Waals surface area contributed by atoms with Crippen molar-refractivity contribution in [2.75, 3.05) is 40.6 Å². The quantitative estimate of drug-likeness (QED) is 0.370. The van der Waals surface area contributed by atoms with Crippen molar-refractivity contribution < 1.29 is 33.3 Å². The number of methoxy groups -OCH3 is 2. The number of esters is 1. The number of alkyl carbamates (subject to hydrolysis) is 1. The lowest BCUT2D eigenvalue weighted by Crippen LogP contribution is -2.34. The van der Waals surface area contributed by atoms with Gasteiger partial charge in [-0.05, 0) is 44.5 Å². The predicted molar refractivity (Wildman–Crippen MR) is 105 cm³/mol. The number of ether oxygens (including phenoxy) is 5. The number of amides is 1. The number of rotatable bonds is 10. The van der Waals surface area contributed by atoms with Crippen molar-refractivity contribution >= 4 is 18.1 Å². The molecule has 0 fully saturated rings. The van der Waals surface area contributed by atoms with Crippen molar-refractivity contribution in [3.8, 4) is 11.5 Å². The van der Waals surface area contributed by atoms with Crippen molar-refractivity contribution in [3.63, 3.8) is 0 Å². The highest BCUT2D eigenvalue weighted by molar-refractivity contribution is 5.87. The van der Waals surface area contributed by atoms with E-state index in [2.05, 4.69) is 5.32 Å². The van der Waals surface area contributed by atoms with E-state index in [0.717, 1.165) is 5.56 Å². The Labute approximate surface area is 165 Å². The summed E-state index contributed by atoms with van der Waals surface area (Å²) >= 11 is 0. The SMILES string of the molecule is COc1ccc(/C=C/C(=O)OCCOCCNC(=O)OC(C)(C)C)cc1OC. The van der Waals surface area contributed by atoms with Gasteiger partial charge in [0.2, 0.25) is 0 Å². The molecule has 1 aromatic rings. The first-order valence-corrected chi connectivity index (χ1v) is 8.86. The van der Waals surface area contributed by atoms with Crippen LogP contribution >= 0.6 is 0 Å². The topological polar surface area (TPSA) is 92.3 Å². The zero-order valence-corrected chi connectivity index (χ0v) is 17.1. The summed E-state index contributed by atoms with van der Waals surface area (Å²) in [6, 6.07) is 5.30. The third-order valence-corrected chi connectivity index (χ3v) is 3.21. The van der Waals surface area contributed by atoms with Gasteiger partial charge in [0.25, 0.3) is 0 Å². The second-order valence-corrected chi connectivity index (χ2v) is 6.66. The monoisotopic (exact) mass is 395 g/mol. The molecule has 1 N–H and O–H groups in total. The molecule has 0 spiro atoms. The molecule has 0 unspecified atom stereocenters. The largest absolute Gasteiger partial charge is 0.493 e. The van der Waals surface area contributed by atoms with E-state index < -0.39 is 17.7 Å². The molecule has 0 saturated carbocycles. The van der Waals surface area contributed by atoms with Gasteiger partial charge in [-0.1, -0.05) is 6.07 Å². The molecule has 156 valence electrons. The average molecular weight is 395 g/mol. The molecule has 8 nitrogen and oxygen atoms in total. The summed E-state index contributed by atoms with van der Waals surface area (Å²) in [5.41, 5.74) is 0.239. The highest BCUT2D eigenvalue weighted by Crippen LogP contribution is 2.27. The van der Waals surface area contributed by atoms with Crippen molar-refractivity contribution in [1.82, 2.24) is 5.32 Å². The zero-order valence-electron chi connectivity index (χ0n) is 17.1. The van der Waals surface area contributed by atoms with Gasteiger partial charge in [0.05, 0.1) is 27.4 Å². The van der Waals surface area contributed by atoms with Crippen LogP contribution in [-0.2, 0) is 19.0 Å². The number of hydrogen-bond acceptors (Lipinski definition) is 7. The maximum Gasteiger partial charge on any atom is 0.407 e. The van der Waals surface area contributed by atoms with Crippen LogP contribution in [0.3, 0.4) is 0 Å². The van der Waals surface area contributed by atoms with Crippen LogP contribution in [0, 0.1) is 0 Å². The van der Waals surface area contributed by atoms with Crippen molar-refractivity contribution in [1.29, 1.82) is 0 Å². The first kappa shape index (κ1) is 23.3. The van der Waals surface area contributed by atoms with E-state index in [-0.39, 0.29) is 19.8 Å². The van der Waals surface area contributed by atoms with Gasteiger partial charge in [0.15, 0.2) is 11.5 Å². The Hall–Kier alpha value is -2.74. The number of hydrogen-bond donors (Lipinski definition) is 1. The molecule has 1 amide bonds. The summed E-state index contributed by atoms with van der Waals surface area (Å²) in [5, 5.41) is 2.57. The highest BCUT2D eigenvalue weighted by Gasteiger charge is 2.15. The van der Waals surface area contributed by atoms with Gasteiger partial charge in [-0.15, -0.1) is 0 Å². The van der Waals surface area contributed by atoms with Gasteiger partial charge < -0.3 is 29.0 Å². The summed E-state index contributed by atoms with van der Waals surface area (Å²) < 4.78 is 25.8. The van der Waals surface area contributed by atoms with E-state index in [9.17, 15) is 9.59 Å². The van der Waals surface area contributed by atoms with Gasteiger partial charge >= 0.3 is 12.1 Å². The summed E-state index contributed by atoms with van der Waals surface area (Å²) in [4.78, 5) is 23.1. The molecule has 1 aromatic carbocycles. The van der Waals surface area contributed by atoms with Gasteiger partial charge in [-0.3, -0.25) is 0 Å². The lowest BCUT2D eigenvalue weighted by atomic mass is 10.2. The minimum Gasteiger partial charge on any atom is -0.493 e. The van der Waals surface area contributed by atoms with Crippen LogP contribution in [0.2, 0.25) is 0 Å². The molecular formula is C20H29NO7. The normalized spacial score (nSPS) is 11.2. The van der Waals surface area contributed by atoms with Gasteiger partial charge in [-0.25, -0.2) is 9.59 Å². The standard InChI is InChI=1S/C20H29NO7/c1-20(2,3)28-19(23)21-10-11-26-12-13-27-18(22)9-7-15-6-8-16(24-4)17(14-15)25-5/h6-9,14H,10-13H2,1-5H3,(H,21,23)/b9-7+. The maximum absolute atomic E-state index is 11.7. The Kier molecular flexibility index (Phi) is 9.87. The number of benzene rings is 1. The molecule has 0 heterocycles. The Bertz CT molecular complexity index is 665. The Balaban J connectivity index is 2.20. The van der Waals surface area contributed by atoms with Crippen LogP contribution in [0.25, 0.3) is 6.08 Å². The summed E-state index contributed by atoms with van der Waals surface area (Å²) in [6.07, 6.45) is 2.45. The number of carbonyl (C=O) groups is 2. The molecular weight excluding hydrogens is 366 g/mol. The minimum atomic E-state index is -0.538. The second-order valence-electron chi connectivity index (χ2n) is 6.66. The van der Waals surface area contributed by atoms with Gasteiger partial charge in [0.1, 0.15) is 12.2 Å². The fourth-order valence-corrected chi connectivity index (χ4v) is 2.01. The first-order chi connectivity index (χ1) is 13.2. The molecule has 0 aliphatic heterocycles. The van der Waals surface area contributed by atoms with E-state index in [1.165, 1.54) is 6.08 Å². The van der Waals surface area contributed by atoms with Crippen molar-refractivity contribution in [2.45, 2.75) is 26.4 Å². The molecule has 0 atom stereocenters. The van der Waals surface area contributed by atoms with Crippen LogP contribution in [-0.4, -0.2) is 58.2 Å². The predicted octanol–water partition coefficient (Wildman–Crippen LogP) is 2.80. The number of carbonyl (C=O) groups excluding carboxylic acids is 2. The molecule has 0 saturated heterocycles. The Morgan fingerprint density at radius 2 is 1.75 bits per heavy atom. The van der Waals surface area contributed by atoms with E-state index in [4.69, 9.17) is 23.7 Å². The lowest BCUT2D eigenvalue weighted by molar-refractivity contribution is -0.139. The summed E-state index contributed by atoms with van der Waals surface area (Å²) in [5.74, 6) is 0.706. The van der Waals surface area contributed by atoms with Crippen LogP contribution < -0.4 is 14.8 Å². The second kappa shape index (κ2) is 11.9. The molecule has 1 rings (SSSR count). The molecule has 0 radical (unpaired) electrons. The van der Waals surface area contributed by atoms with E-state index in [0.29, 0.717) is 18.0 Å². The lowest BCUT2D eigenvalue weighted by Gasteiger charge is -2.19. The van der Waals surface area contributed by atoms with Crippen molar-refractivity contribution in [3.05, 3.63) is 29.8 Å². The van der Waals surface area contributed by atoms with E-state index in [1.54, 1.807) is 59.3 Å². The first-order valence-electron chi connectivity index (χ1n) is 8.86. The van der Waals surface area contributed by atoms with Crippen molar-refractivity contribution in [2.24, 2.45) is 0 Å². The van der Waals surface area contributed by atoms with Crippen LogP contribution in [0.1, 0.15) is 26.3 Å². The Morgan fingerprint density at radius 3 is 2.39 bits per heavy atom. The molecule has 0 aromatic heterocycles. The fraction of sp³-hybridized carbons (Fsp3) is 0.500. The van der Waals surface area contributed by atoms with Gasteiger partial charge in [0, 0.05) is 12.6 Å². The average Bonchev–Trinajstić information content (AvgIpc) is 2.63. The van der Waals surface area contributed by atoms with E-state index >= 15 is 0 Å². The molecule has 28 heavy (non-hydrogen) atoms. The molecule has 8 heteroatoms. The fourth-order valence-electron chi connectivity index (χ4n) is 2.01. The minimum absolute atomic E-state index is 0.113. The third kappa shape index (κ3) is 9.82. The number of nitrogens with one attached hydrogen (secondary N) is 1. The van der Waals surface area contributed by atoms with Crippen LogP contribution in [0.15, 0.2) is 24.3 Å². The Morgan fingerprint density at radius 1 is 1.04 bits per heavy atom. The maximum atomic E-state index is 11.7. The molecule has 0 bridgehead atoms. The molecule has 0 aliphatic carbocycles. The van der Waals surface area contributed by atoms with Gasteiger partial charge in [-0.2, -0.15) is 0 Å². The zero-order chi connectivity index (χ0) is 21.0.